The number of nitriles is 1. The van der Waals surface area contributed by atoms with E-state index in [1.54, 1.807) is 6.07 Å². The summed E-state index contributed by atoms with van der Waals surface area (Å²) < 4.78 is 25.5. The second-order valence-electron chi connectivity index (χ2n) is 2.32. The van der Waals surface area contributed by atoms with Crippen LogP contribution in [0.1, 0.15) is 0 Å². The molecule has 1 aromatic heterocycles. The van der Waals surface area contributed by atoms with Crippen LogP contribution >= 0.6 is 15.9 Å². The zero-order chi connectivity index (χ0) is 10.6. The molecule has 0 bridgehead atoms. The van der Waals surface area contributed by atoms with E-state index in [9.17, 15) is 8.42 Å². The van der Waals surface area contributed by atoms with Crippen LogP contribution in [-0.2, 0) is 10.0 Å². The van der Waals surface area contributed by atoms with E-state index >= 15 is 0 Å². The van der Waals surface area contributed by atoms with E-state index in [-0.39, 0.29) is 11.4 Å². The molecule has 1 aromatic rings. The Morgan fingerprint density at radius 1 is 1.57 bits per heavy atom. The van der Waals surface area contributed by atoms with E-state index in [0.29, 0.717) is 4.47 Å². The highest BCUT2D eigenvalue weighted by molar-refractivity contribution is 9.10. The van der Waals surface area contributed by atoms with Crippen molar-refractivity contribution in [1.82, 2.24) is 9.71 Å². The van der Waals surface area contributed by atoms with Crippen LogP contribution in [0.4, 0.5) is 0 Å². The summed E-state index contributed by atoms with van der Waals surface area (Å²) in [5.74, 6) is 0. The largest absolute Gasteiger partial charge is 0.262 e. The molecule has 74 valence electrons. The number of nitrogens with zero attached hydrogens (tertiary/aromatic N) is 2. The van der Waals surface area contributed by atoms with E-state index in [4.69, 9.17) is 5.26 Å². The molecular formula is C7H6BrN3O2S. The SMILES string of the molecule is N#CCNS(=O)(=O)c1cncc(Br)c1. The number of nitrogens with one attached hydrogen (secondary N) is 1. The normalized spacial score (nSPS) is 10.9. The van der Waals surface area contributed by atoms with Gasteiger partial charge in [0.1, 0.15) is 4.90 Å². The molecule has 1 rings (SSSR count). The number of pyridine rings is 1. The quantitative estimate of drug-likeness (QED) is 0.821. The van der Waals surface area contributed by atoms with Gasteiger partial charge in [0.15, 0.2) is 0 Å². The molecule has 0 aliphatic carbocycles. The van der Waals surface area contributed by atoms with E-state index < -0.39 is 10.0 Å². The number of hydrogen-bond donors (Lipinski definition) is 1. The van der Waals surface area contributed by atoms with Crippen LogP contribution in [0.15, 0.2) is 27.8 Å². The van der Waals surface area contributed by atoms with Gasteiger partial charge in [-0.2, -0.15) is 9.98 Å². The molecule has 0 saturated carbocycles. The predicted molar refractivity (Wildman–Crippen MR) is 52.7 cm³/mol. The molecule has 1 heterocycles. The standard InChI is InChI=1S/C7H6BrN3O2S/c8-6-3-7(5-10-4-6)14(12,13)11-2-1-9/h3-5,11H,2H2. The van der Waals surface area contributed by atoms with Gasteiger partial charge in [-0.25, -0.2) is 8.42 Å². The lowest BCUT2D eigenvalue weighted by Gasteiger charge is -2.02. The maximum Gasteiger partial charge on any atom is 0.243 e. The molecule has 5 nitrogen and oxygen atoms in total. The summed E-state index contributed by atoms with van der Waals surface area (Å²) >= 11 is 3.10. The fourth-order valence-corrected chi connectivity index (χ4v) is 2.17. The van der Waals surface area contributed by atoms with E-state index in [2.05, 4.69) is 25.6 Å². The fourth-order valence-electron chi connectivity index (χ4n) is 0.750. The second kappa shape index (κ2) is 4.50. The Morgan fingerprint density at radius 3 is 2.86 bits per heavy atom. The Labute approximate surface area is 90.0 Å². The van der Waals surface area contributed by atoms with E-state index in [1.165, 1.54) is 18.5 Å². The Morgan fingerprint density at radius 2 is 2.29 bits per heavy atom. The maximum atomic E-state index is 11.4. The zero-order valence-electron chi connectivity index (χ0n) is 6.94. The lowest BCUT2D eigenvalue weighted by molar-refractivity contribution is 0.585. The van der Waals surface area contributed by atoms with Crippen LogP contribution in [0.25, 0.3) is 0 Å². The number of hydrogen-bond acceptors (Lipinski definition) is 4. The van der Waals surface area contributed by atoms with Crippen molar-refractivity contribution in [2.24, 2.45) is 0 Å². The first-order valence-corrected chi connectivity index (χ1v) is 5.81. The van der Waals surface area contributed by atoms with E-state index in [0.717, 1.165) is 0 Å². The molecule has 0 aromatic carbocycles. The van der Waals surface area contributed by atoms with Crippen molar-refractivity contribution < 1.29 is 8.42 Å². The van der Waals surface area contributed by atoms with Gasteiger partial charge < -0.3 is 0 Å². The minimum absolute atomic E-state index is 0.0297. The average Bonchev–Trinajstić information content (AvgIpc) is 2.15. The lowest BCUT2D eigenvalue weighted by atomic mass is 10.5. The molecule has 0 aliphatic heterocycles. The second-order valence-corrected chi connectivity index (χ2v) is 5.00. The van der Waals surface area contributed by atoms with Gasteiger partial charge in [-0.05, 0) is 22.0 Å². The zero-order valence-corrected chi connectivity index (χ0v) is 9.34. The van der Waals surface area contributed by atoms with Gasteiger partial charge in [0.25, 0.3) is 0 Å². The number of rotatable bonds is 3. The molecule has 0 aliphatic rings. The molecule has 1 N–H and O–H groups in total. The first-order chi connectivity index (χ1) is 6.56. The molecular weight excluding hydrogens is 270 g/mol. The Kier molecular flexibility index (Phi) is 3.57. The van der Waals surface area contributed by atoms with Crippen molar-refractivity contribution in [3.63, 3.8) is 0 Å². The number of sulfonamides is 1. The summed E-state index contributed by atoms with van der Waals surface area (Å²) in [7, 11) is -3.61. The third kappa shape index (κ3) is 2.77. The van der Waals surface area contributed by atoms with Crippen molar-refractivity contribution in [3.8, 4) is 6.07 Å². The van der Waals surface area contributed by atoms with Crippen LogP contribution in [-0.4, -0.2) is 19.9 Å². The number of halogens is 1. The topological polar surface area (TPSA) is 82.9 Å². The average molecular weight is 276 g/mol. The van der Waals surface area contributed by atoms with Crippen LogP contribution in [0.2, 0.25) is 0 Å². The van der Waals surface area contributed by atoms with E-state index in [1.807, 2.05) is 0 Å². The minimum atomic E-state index is -3.61. The molecule has 0 atom stereocenters. The molecule has 0 saturated heterocycles. The Balaban J connectivity index is 3.00. The summed E-state index contributed by atoms with van der Waals surface area (Å²) in [6.07, 6.45) is 2.69. The van der Waals surface area contributed by atoms with Crippen molar-refractivity contribution in [3.05, 3.63) is 22.9 Å². The third-order valence-corrected chi connectivity index (χ3v) is 3.13. The van der Waals surface area contributed by atoms with Gasteiger partial charge in [-0.15, -0.1) is 0 Å². The van der Waals surface area contributed by atoms with Gasteiger partial charge in [-0.1, -0.05) is 0 Å². The Hall–Kier alpha value is -0.970. The van der Waals surface area contributed by atoms with Gasteiger partial charge in [0, 0.05) is 16.9 Å². The third-order valence-electron chi connectivity index (χ3n) is 1.33. The van der Waals surface area contributed by atoms with Gasteiger partial charge in [0.05, 0.1) is 12.6 Å². The molecule has 0 spiro atoms. The van der Waals surface area contributed by atoms with Gasteiger partial charge in [0.2, 0.25) is 10.0 Å². The molecule has 0 amide bonds. The highest BCUT2D eigenvalue weighted by Gasteiger charge is 2.13. The van der Waals surface area contributed by atoms with Crippen LogP contribution in [0.5, 0.6) is 0 Å². The van der Waals surface area contributed by atoms with Crippen LogP contribution in [0, 0.1) is 11.3 Å². The van der Waals surface area contributed by atoms with Crippen molar-refractivity contribution >= 4 is 26.0 Å². The highest BCUT2D eigenvalue weighted by Crippen LogP contribution is 2.13. The van der Waals surface area contributed by atoms with Gasteiger partial charge >= 0.3 is 0 Å². The summed E-state index contributed by atoms with van der Waals surface area (Å²) in [6, 6.07) is 3.10. The van der Waals surface area contributed by atoms with Gasteiger partial charge in [-0.3, -0.25) is 4.98 Å². The predicted octanol–water partition coefficient (Wildman–Crippen LogP) is 0.646. The lowest BCUT2D eigenvalue weighted by Crippen LogP contribution is -2.24. The van der Waals surface area contributed by atoms with Crippen molar-refractivity contribution in [2.45, 2.75) is 4.90 Å². The monoisotopic (exact) mass is 275 g/mol. The summed E-state index contributed by atoms with van der Waals surface area (Å²) in [5, 5.41) is 8.23. The van der Waals surface area contributed by atoms with Crippen molar-refractivity contribution in [1.29, 1.82) is 5.26 Å². The first-order valence-electron chi connectivity index (χ1n) is 3.53. The molecule has 14 heavy (non-hydrogen) atoms. The van der Waals surface area contributed by atoms with Crippen LogP contribution in [0.3, 0.4) is 0 Å². The first kappa shape index (κ1) is 11.1. The highest BCUT2D eigenvalue weighted by atomic mass is 79.9. The fraction of sp³-hybridized carbons (Fsp3) is 0.143. The summed E-state index contributed by atoms with van der Waals surface area (Å²) in [5.41, 5.74) is 0. The Bertz CT molecular complexity index is 466. The molecule has 0 unspecified atom stereocenters. The minimum Gasteiger partial charge on any atom is -0.262 e. The molecule has 0 radical (unpaired) electrons. The summed E-state index contributed by atoms with van der Waals surface area (Å²) in [6.45, 7) is -0.255. The maximum absolute atomic E-state index is 11.4. The smallest absolute Gasteiger partial charge is 0.243 e. The number of aromatic nitrogens is 1. The van der Waals surface area contributed by atoms with Crippen LogP contribution < -0.4 is 4.72 Å². The summed E-state index contributed by atoms with van der Waals surface area (Å²) in [4.78, 5) is 3.74. The molecule has 7 heteroatoms. The molecule has 0 fully saturated rings. The van der Waals surface area contributed by atoms with Crippen molar-refractivity contribution in [2.75, 3.05) is 6.54 Å².